The molecule has 2 saturated heterocycles. The van der Waals surface area contributed by atoms with E-state index in [1.165, 1.54) is 18.8 Å². The fourth-order valence-corrected chi connectivity index (χ4v) is 5.30. The van der Waals surface area contributed by atoms with Crippen molar-refractivity contribution in [1.29, 1.82) is 0 Å². The molecule has 0 aliphatic carbocycles. The van der Waals surface area contributed by atoms with Crippen molar-refractivity contribution in [1.82, 2.24) is 10.2 Å². The van der Waals surface area contributed by atoms with Crippen LogP contribution in [0.3, 0.4) is 0 Å². The van der Waals surface area contributed by atoms with Gasteiger partial charge in [0.2, 0.25) is 5.91 Å². The third-order valence-electron chi connectivity index (χ3n) is 4.45. The Morgan fingerprint density at radius 2 is 2.04 bits per heavy atom. The number of hydrogen-bond acceptors (Lipinski definition) is 5. The molecule has 3 rings (SSSR count). The van der Waals surface area contributed by atoms with Crippen molar-refractivity contribution in [2.75, 3.05) is 24.6 Å². The van der Waals surface area contributed by atoms with Crippen molar-refractivity contribution in [2.24, 2.45) is 0 Å². The van der Waals surface area contributed by atoms with Gasteiger partial charge in [0.15, 0.2) is 9.84 Å². The summed E-state index contributed by atoms with van der Waals surface area (Å²) in [6, 6.07) is 3.04. The van der Waals surface area contributed by atoms with Crippen molar-refractivity contribution in [3.63, 3.8) is 0 Å². The molecule has 0 spiro atoms. The van der Waals surface area contributed by atoms with Crippen LogP contribution in [-0.4, -0.2) is 55.9 Å². The predicted octanol–water partition coefficient (Wildman–Crippen LogP) is 1.06. The second-order valence-corrected chi connectivity index (χ2v) is 8.36. The summed E-state index contributed by atoms with van der Waals surface area (Å²) in [6.07, 6.45) is 7.88. The summed E-state index contributed by atoms with van der Waals surface area (Å²) in [5.74, 6) is 0.464. The van der Waals surface area contributed by atoms with E-state index in [0.29, 0.717) is 5.76 Å². The second-order valence-electron chi connectivity index (χ2n) is 6.20. The number of hydrogen-bond donors (Lipinski definition) is 1. The maximum absolute atomic E-state index is 12.1. The lowest BCUT2D eigenvalue weighted by Gasteiger charge is -2.34. The molecule has 2 fully saturated rings. The Balaban J connectivity index is 1.65. The van der Waals surface area contributed by atoms with Gasteiger partial charge in [-0.3, -0.25) is 9.69 Å². The van der Waals surface area contributed by atoms with E-state index in [1.807, 2.05) is 0 Å². The van der Waals surface area contributed by atoms with Crippen LogP contribution in [0, 0.1) is 0 Å². The van der Waals surface area contributed by atoms with E-state index >= 15 is 0 Å². The number of nitrogens with zero attached hydrogens (tertiary/aromatic N) is 1. The average molecular weight is 338 g/mol. The van der Waals surface area contributed by atoms with Crippen LogP contribution in [0.1, 0.15) is 25.0 Å². The molecule has 1 amide bonds. The topological polar surface area (TPSA) is 79.6 Å². The van der Waals surface area contributed by atoms with Crippen LogP contribution in [0.2, 0.25) is 0 Å². The molecular formula is C16H22N2O4S. The molecular weight excluding hydrogens is 316 g/mol. The van der Waals surface area contributed by atoms with Crippen molar-refractivity contribution in [3.8, 4) is 0 Å². The van der Waals surface area contributed by atoms with Gasteiger partial charge in [-0.15, -0.1) is 0 Å². The Kier molecular flexibility index (Phi) is 4.87. The first-order chi connectivity index (χ1) is 11.0. The predicted molar refractivity (Wildman–Crippen MR) is 87.5 cm³/mol. The molecule has 0 unspecified atom stereocenters. The van der Waals surface area contributed by atoms with Gasteiger partial charge in [-0.05, 0) is 44.1 Å². The number of furan rings is 1. The third-order valence-corrected chi connectivity index (χ3v) is 6.17. The number of carbonyl (C=O) groups is 1. The highest BCUT2D eigenvalue weighted by Gasteiger charge is 2.41. The summed E-state index contributed by atoms with van der Waals surface area (Å²) in [5, 5.41) is 2.86. The smallest absolute Gasteiger partial charge is 0.244 e. The largest absolute Gasteiger partial charge is 0.465 e. The first-order valence-electron chi connectivity index (χ1n) is 8.00. The molecule has 0 aromatic carbocycles. The summed E-state index contributed by atoms with van der Waals surface area (Å²) in [4.78, 5) is 14.3. The van der Waals surface area contributed by atoms with Crippen LogP contribution in [0.4, 0.5) is 0 Å². The fourth-order valence-electron chi connectivity index (χ4n) is 3.35. The normalized spacial score (nSPS) is 28.2. The molecule has 1 N–H and O–H groups in total. The number of sulfone groups is 1. The molecule has 1 aromatic rings. The lowest BCUT2D eigenvalue weighted by atomic mass is 10.0. The molecule has 0 saturated carbocycles. The highest BCUT2D eigenvalue weighted by molar-refractivity contribution is 7.91. The van der Waals surface area contributed by atoms with E-state index in [2.05, 4.69) is 10.2 Å². The van der Waals surface area contributed by atoms with Crippen LogP contribution in [-0.2, 0) is 14.6 Å². The quantitative estimate of drug-likeness (QED) is 0.831. The zero-order valence-corrected chi connectivity index (χ0v) is 13.8. The zero-order chi connectivity index (χ0) is 16.3. The molecule has 7 heteroatoms. The Bertz CT molecular complexity index is 660. The summed E-state index contributed by atoms with van der Waals surface area (Å²) >= 11 is 0. The summed E-state index contributed by atoms with van der Waals surface area (Å²) in [5.41, 5.74) is 0. The van der Waals surface area contributed by atoms with Gasteiger partial charge in [-0.25, -0.2) is 8.42 Å². The number of rotatable bonds is 4. The number of carbonyl (C=O) groups excluding carboxylic acids is 1. The van der Waals surface area contributed by atoms with Crippen LogP contribution in [0.25, 0.3) is 6.08 Å². The monoisotopic (exact) mass is 338 g/mol. The molecule has 1 aromatic heterocycles. The Morgan fingerprint density at radius 1 is 1.26 bits per heavy atom. The van der Waals surface area contributed by atoms with Gasteiger partial charge in [-0.1, -0.05) is 6.42 Å². The van der Waals surface area contributed by atoms with E-state index < -0.39 is 9.84 Å². The van der Waals surface area contributed by atoms with E-state index in [0.717, 1.165) is 25.9 Å². The molecule has 23 heavy (non-hydrogen) atoms. The van der Waals surface area contributed by atoms with Crippen LogP contribution >= 0.6 is 0 Å². The van der Waals surface area contributed by atoms with Gasteiger partial charge in [0.1, 0.15) is 5.76 Å². The number of piperidine rings is 1. The van der Waals surface area contributed by atoms with Gasteiger partial charge in [0, 0.05) is 12.1 Å². The van der Waals surface area contributed by atoms with Crippen LogP contribution < -0.4 is 5.32 Å². The molecule has 2 atom stereocenters. The van der Waals surface area contributed by atoms with Gasteiger partial charge in [0.05, 0.1) is 23.8 Å². The van der Waals surface area contributed by atoms with Gasteiger partial charge < -0.3 is 9.73 Å². The maximum atomic E-state index is 12.1. The van der Waals surface area contributed by atoms with Crippen molar-refractivity contribution < 1.29 is 17.6 Å². The lowest BCUT2D eigenvalue weighted by molar-refractivity contribution is -0.117. The maximum Gasteiger partial charge on any atom is 0.244 e. The highest BCUT2D eigenvalue weighted by Crippen LogP contribution is 2.22. The summed E-state index contributed by atoms with van der Waals surface area (Å²) < 4.78 is 29.2. The van der Waals surface area contributed by atoms with Gasteiger partial charge in [0.25, 0.3) is 0 Å². The first kappa shape index (κ1) is 16.3. The first-order valence-corrected chi connectivity index (χ1v) is 9.82. The molecule has 126 valence electrons. The van der Waals surface area contributed by atoms with E-state index in [9.17, 15) is 13.2 Å². The van der Waals surface area contributed by atoms with Crippen molar-refractivity contribution in [3.05, 3.63) is 30.2 Å². The summed E-state index contributed by atoms with van der Waals surface area (Å²) in [7, 11) is -3.10. The molecule has 2 aliphatic rings. The van der Waals surface area contributed by atoms with Crippen LogP contribution in [0.15, 0.2) is 28.9 Å². The lowest BCUT2D eigenvalue weighted by Crippen LogP contribution is -2.52. The van der Waals surface area contributed by atoms with E-state index in [4.69, 9.17) is 4.42 Å². The van der Waals surface area contributed by atoms with Gasteiger partial charge in [-0.2, -0.15) is 0 Å². The number of likely N-dealkylation sites (tertiary alicyclic amines) is 1. The Morgan fingerprint density at radius 3 is 2.74 bits per heavy atom. The van der Waals surface area contributed by atoms with Gasteiger partial charge >= 0.3 is 0 Å². The molecule has 3 heterocycles. The van der Waals surface area contributed by atoms with E-state index in [1.54, 1.807) is 18.2 Å². The molecule has 0 radical (unpaired) electrons. The van der Waals surface area contributed by atoms with Crippen molar-refractivity contribution in [2.45, 2.75) is 31.3 Å². The van der Waals surface area contributed by atoms with E-state index in [-0.39, 0.29) is 29.5 Å². The minimum absolute atomic E-state index is 0.0223. The zero-order valence-electron chi connectivity index (χ0n) is 13.0. The standard InChI is InChI=1S/C16H22N2O4S/c19-16(7-6-13-5-4-10-22-13)17-14-11-23(20,21)12-15(14)18-8-2-1-3-9-18/h4-7,10,14-15H,1-3,8-9,11-12H2,(H,17,19)/b7-6+/t14-,15-/m1/s1. The Hall–Kier alpha value is -1.60. The minimum atomic E-state index is -3.10. The minimum Gasteiger partial charge on any atom is -0.465 e. The van der Waals surface area contributed by atoms with Crippen LogP contribution in [0.5, 0.6) is 0 Å². The van der Waals surface area contributed by atoms with Crippen molar-refractivity contribution >= 4 is 21.8 Å². The summed E-state index contributed by atoms with van der Waals surface area (Å²) in [6.45, 7) is 1.82. The molecule has 2 aliphatic heterocycles. The average Bonchev–Trinajstić information content (AvgIpc) is 3.13. The highest BCUT2D eigenvalue weighted by atomic mass is 32.2. The Labute approximate surface area is 136 Å². The second kappa shape index (κ2) is 6.88. The number of nitrogens with one attached hydrogen (secondary N) is 1. The SMILES string of the molecule is O=C(/C=C/c1ccco1)N[C@@H]1CS(=O)(=O)C[C@H]1N1CCCCC1. The molecule has 0 bridgehead atoms. The number of amides is 1. The fraction of sp³-hybridized carbons (Fsp3) is 0.562. The third kappa shape index (κ3) is 4.23. The molecule has 6 nitrogen and oxygen atoms in total.